The number of rotatable bonds is 4. The molecule has 1 saturated heterocycles. The van der Waals surface area contributed by atoms with E-state index in [1.165, 1.54) is 32.1 Å². The van der Waals surface area contributed by atoms with E-state index in [4.69, 9.17) is 0 Å². The van der Waals surface area contributed by atoms with Gasteiger partial charge in [-0.15, -0.1) is 0 Å². The van der Waals surface area contributed by atoms with Crippen molar-refractivity contribution in [1.82, 2.24) is 4.90 Å². The van der Waals surface area contributed by atoms with E-state index in [0.717, 1.165) is 25.3 Å². The number of amides is 1. The number of hydrogen-bond donors (Lipinski definition) is 1. The summed E-state index contributed by atoms with van der Waals surface area (Å²) < 4.78 is 0. The summed E-state index contributed by atoms with van der Waals surface area (Å²) in [7, 11) is 0. The molecule has 1 amide bonds. The summed E-state index contributed by atoms with van der Waals surface area (Å²) >= 11 is 0. The van der Waals surface area contributed by atoms with Gasteiger partial charge in [0.1, 0.15) is 0 Å². The van der Waals surface area contributed by atoms with Crippen LogP contribution < -0.4 is 0 Å². The zero-order valence-corrected chi connectivity index (χ0v) is 11.8. The number of likely N-dealkylation sites (tertiary alicyclic amines) is 1. The second-order valence-corrected chi connectivity index (χ2v) is 6.55. The molecule has 1 saturated carbocycles. The topological polar surface area (TPSA) is 40.5 Å². The quantitative estimate of drug-likeness (QED) is 0.837. The van der Waals surface area contributed by atoms with Gasteiger partial charge in [-0.1, -0.05) is 25.7 Å². The van der Waals surface area contributed by atoms with E-state index < -0.39 is 0 Å². The van der Waals surface area contributed by atoms with Crippen molar-refractivity contribution in [2.45, 2.75) is 76.9 Å². The van der Waals surface area contributed by atoms with Crippen LogP contribution in [0.5, 0.6) is 0 Å². The Labute approximate surface area is 111 Å². The summed E-state index contributed by atoms with van der Waals surface area (Å²) in [6, 6.07) is 0. The minimum Gasteiger partial charge on any atom is -0.391 e. The van der Waals surface area contributed by atoms with Crippen molar-refractivity contribution in [3.05, 3.63) is 0 Å². The molecule has 18 heavy (non-hydrogen) atoms. The van der Waals surface area contributed by atoms with Crippen LogP contribution in [-0.4, -0.2) is 34.1 Å². The maximum atomic E-state index is 12.2. The molecule has 1 aliphatic carbocycles. The lowest BCUT2D eigenvalue weighted by Gasteiger charge is -2.34. The second-order valence-electron chi connectivity index (χ2n) is 6.55. The zero-order valence-electron chi connectivity index (χ0n) is 11.8. The molecule has 1 unspecified atom stereocenters. The van der Waals surface area contributed by atoms with Crippen LogP contribution in [0.25, 0.3) is 0 Å². The molecule has 0 aromatic heterocycles. The standard InChI is InChI=1S/C15H27NO2/c1-15(2)13(17)10-11-16(15)14(18)9-5-8-12-6-3-4-7-12/h12-13,17H,3-11H2,1-2H3. The van der Waals surface area contributed by atoms with E-state index >= 15 is 0 Å². The van der Waals surface area contributed by atoms with Crippen LogP contribution in [0, 0.1) is 5.92 Å². The van der Waals surface area contributed by atoms with Crippen LogP contribution in [0.4, 0.5) is 0 Å². The molecule has 1 heterocycles. The molecular formula is C15H27NO2. The molecule has 1 atom stereocenters. The van der Waals surface area contributed by atoms with Gasteiger partial charge in [0.15, 0.2) is 0 Å². The number of carbonyl (C=O) groups is 1. The van der Waals surface area contributed by atoms with Gasteiger partial charge in [0.25, 0.3) is 0 Å². The lowest BCUT2D eigenvalue weighted by molar-refractivity contribution is -0.136. The molecule has 2 aliphatic rings. The van der Waals surface area contributed by atoms with Crippen molar-refractivity contribution in [2.75, 3.05) is 6.54 Å². The first-order valence-electron chi connectivity index (χ1n) is 7.50. The second kappa shape index (κ2) is 5.60. The van der Waals surface area contributed by atoms with Gasteiger partial charge in [-0.05, 0) is 39.0 Å². The van der Waals surface area contributed by atoms with Crippen molar-refractivity contribution in [2.24, 2.45) is 5.92 Å². The Hall–Kier alpha value is -0.570. The Morgan fingerprint density at radius 3 is 2.50 bits per heavy atom. The van der Waals surface area contributed by atoms with Crippen LogP contribution >= 0.6 is 0 Å². The van der Waals surface area contributed by atoms with Crippen molar-refractivity contribution >= 4 is 5.91 Å². The predicted molar refractivity (Wildman–Crippen MR) is 72.2 cm³/mol. The number of aliphatic hydroxyl groups is 1. The fraction of sp³-hybridized carbons (Fsp3) is 0.933. The minimum atomic E-state index is -0.371. The maximum absolute atomic E-state index is 12.2. The van der Waals surface area contributed by atoms with Crippen LogP contribution in [0.15, 0.2) is 0 Å². The van der Waals surface area contributed by atoms with Crippen LogP contribution in [-0.2, 0) is 4.79 Å². The highest BCUT2D eigenvalue weighted by Gasteiger charge is 2.42. The fourth-order valence-corrected chi connectivity index (χ4v) is 3.49. The fourth-order valence-electron chi connectivity index (χ4n) is 3.49. The summed E-state index contributed by atoms with van der Waals surface area (Å²) in [5.74, 6) is 1.10. The predicted octanol–water partition coefficient (Wildman–Crippen LogP) is 2.72. The highest BCUT2D eigenvalue weighted by atomic mass is 16.3. The molecule has 0 radical (unpaired) electrons. The molecule has 2 fully saturated rings. The first kappa shape index (κ1) is 13.9. The third kappa shape index (κ3) is 2.87. The van der Waals surface area contributed by atoms with Gasteiger partial charge < -0.3 is 10.0 Å². The van der Waals surface area contributed by atoms with E-state index in [1.54, 1.807) is 0 Å². The van der Waals surface area contributed by atoms with Gasteiger partial charge in [0, 0.05) is 13.0 Å². The zero-order chi connectivity index (χ0) is 13.2. The molecule has 3 nitrogen and oxygen atoms in total. The molecule has 1 N–H and O–H groups in total. The van der Waals surface area contributed by atoms with E-state index in [-0.39, 0.29) is 17.6 Å². The molecule has 0 aromatic rings. The van der Waals surface area contributed by atoms with Crippen molar-refractivity contribution in [1.29, 1.82) is 0 Å². The lowest BCUT2D eigenvalue weighted by atomic mass is 9.97. The average Bonchev–Trinajstić information content (AvgIpc) is 2.89. The number of hydrogen-bond acceptors (Lipinski definition) is 2. The first-order valence-corrected chi connectivity index (χ1v) is 7.50. The van der Waals surface area contributed by atoms with Gasteiger partial charge in [-0.2, -0.15) is 0 Å². The van der Waals surface area contributed by atoms with Gasteiger partial charge in [0.2, 0.25) is 5.91 Å². The SMILES string of the molecule is CC1(C)C(O)CCN1C(=O)CCCC1CCCC1. The molecule has 1 aliphatic heterocycles. The highest BCUT2D eigenvalue weighted by Crippen LogP contribution is 2.31. The largest absolute Gasteiger partial charge is 0.391 e. The molecule has 0 bridgehead atoms. The third-order valence-electron chi connectivity index (χ3n) is 4.92. The molecule has 0 spiro atoms. The summed E-state index contributed by atoms with van der Waals surface area (Å²) in [5.41, 5.74) is -0.371. The molecule has 104 valence electrons. The third-order valence-corrected chi connectivity index (χ3v) is 4.92. The smallest absolute Gasteiger partial charge is 0.223 e. The summed E-state index contributed by atoms with van der Waals surface area (Å²) in [6.45, 7) is 4.66. The highest BCUT2D eigenvalue weighted by molar-refractivity contribution is 5.77. The normalized spacial score (nSPS) is 27.9. The summed E-state index contributed by atoms with van der Waals surface area (Å²) in [5, 5.41) is 9.88. The average molecular weight is 253 g/mol. The lowest BCUT2D eigenvalue weighted by Crippen LogP contribution is -2.48. The van der Waals surface area contributed by atoms with Crippen LogP contribution in [0.3, 0.4) is 0 Å². The Morgan fingerprint density at radius 2 is 1.94 bits per heavy atom. The van der Waals surface area contributed by atoms with Gasteiger partial charge >= 0.3 is 0 Å². The Balaban J connectivity index is 1.74. The Morgan fingerprint density at radius 1 is 1.28 bits per heavy atom. The molecule has 3 heteroatoms. The van der Waals surface area contributed by atoms with E-state index in [1.807, 2.05) is 18.7 Å². The van der Waals surface area contributed by atoms with E-state index in [0.29, 0.717) is 6.42 Å². The van der Waals surface area contributed by atoms with Crippen LogP contribution in [0.1, 0.15) is 65.2 Å². The Bertz CT molecular complexity index is 295. The molecule has 2 rings (SSSR count). The van der Waals surface area contributed by atoms with Crippen molar-refractivity contribution in [3.63, 3.8) is 0 Å². The molecular weight excluding hydrogens is 226 g/mol. The monoisotopic (exact) mass is 253 g/mol. The van der Waals surface area contributed by atoms with Crippen LogP contribution in [0.2, 0.25) is 0 Å². The summed E-state index contributed by atoms with van der Waals surface area (Å²) in [4.78, 5) is 14.1. The van der Waals surface area contributed by atoms with Crippen molar-refractivity contribution < 1.29 is 9.90 Å². The number of nitrogens with zero attached hydrogens (tertiary/aromatic N) is 1. The van der Waals surface area contributed by atoms with Crippen molar-refractivity contribution in [3.8, 4) is 0 Å². The Kier molecular flexibility index (Phi) is 4.31. The number of carbonyl (C=O) groups excluding carboxylic acids is 1. The van der Waals surface area contributed by atoms with Gasteiger partial charge in [-0.3, -0.25) is 4.79 Å². The van der Waals surface area contributed by atoms with E-state index in [9.17, 15) is 9.90 Å². The van der Waals surface area contributed by atoms with Gasteiger partial charge in [-0.25, -0.2) is 0 Å². The number of aliphatic hydroxyl groups excluding tert-OH is 1. The van der Waals surface area contributed by atoms with Gasteiger partial charge in [0.05, 0.1) is 11.6 Å². The minimum absolute atomic E-state index is 0.231. The maximum Gasteiger partial charge on any atom is 0.223 e. The molecule has 0 aromatic carbocycles. The summed E-state index contributed by atoms with van der Waals surface area (Å²) in [6.07, 6.45) is 8.73. The van der Waals surface area contributed by atoms with E-state index in [2.05, 4.69) is 0 Å². The first-order chi connectivity index (χ1) is 8.51.